The molecular formula is C12H10N2O2S. The number of nitrogens with zero attached hydrogens (tertiary/aromatic N) is 2. The molecule has 1 aliphatic rings. The third-order valence-corrected chi connectivity index (χ3v) is 3.58. The Labute approximate surface area is 103 Å². The first kappa shape index (κ1) is 11.7. The summed E-state index contributed by atoms with van der Waals surface area (Å²) in [4.78, 5) is 25.4. The molecule has 17 heavy (non-hydrogen) atoms. The average molecular weight is 246 g/mol. The van der Waals surface area contributed by atoms with E-state index in [-0.39, 0.29) is 18.2 Å². The fourth-order valence-electron chi connectivity index (χ4n) is 1.67. The van der Waals surface area contributed by atoms with E-state index in [0.29, 0.717) is 17.0 Å². The van der Waals surface area contributed by atoms with E-state index in [0.717, 1.165) is 4.90 Å². The number of hydrogen-bond donors (Lipinski definition) is 0. The molecule has 4 nitrogen and oxygen atoms in total. The standard InChI is InChI=1S/C12H10N2O2S/c1-8(15)9-2-3-11-10(6-9)14(5-4-13)12(16)7-17-11/h2-3,6H,5,7H2,1H3. The molecule has 0 atom stereocenters. The topological polar surface area (TPSA) is 61.2 Å². The molecule has 0 aromatic heterocycles. The molecule has 0 aliphatic carbocycles. The number of hydrogen-bond acceptors (Lipinski definition) is 4. The van der Waals surface area contributed by atoms with Crippen molar-refractivity contribution < 1.29 is 9.59 Å². The highest BCUT2D eigenvalue weighted by Crippen LogP contribution is 2.35. The highest BCUT2D eigenvalue weighted by Gasteiger charge is 2.24. The van der Waals surface area contributed by atoms with Gasteiger partial charge in [0.05, 0.1) is 17.5 Å². The summed E-state index contributed by atoms with van der Waals surface area (Å²) in [6.45, 7) is 1.50. The lowest BCUT2D eigenvalue weighted by Gasteiger charge is -2.27. The van der Waals surface area contributed by atoms with Gasteiger partial charge < -0.3 is 0 Å². The molecule has 0 N–H and O–H groups in total. The zero-order chi connectivity index (χ0) is 12.4. The molecule has 5 heteroatoms. The number of carbonyl (C=O) groups is 2. The highest BCUT2D eigenvalue weighted by molar-refractivity contribution is 8.00. The van der Waals surface area contributed by atoms with Gasteiger partial charge in [-0.2, -0.15) is 5.26 Å². The number of thioether (sulfide) groups is 1. The van der Waals surface area contributed by atoms with Gasteiger partial charge in [0.1, 0.15) is 6.54 Å². The van der Waals surface area contributed by atoms with Gasteiger partial charge in [-0.15, -0.1) is 11.8 Å². The van der Waals surface area contributed by atoms with Gasteiger partial charge >= 0.3 is 0 Å². The van der Waals surface area contributed by atoms with E-state index in [1.54, 1.807) is 12.1 Å². The second-order valence-electron chi connectivity index (χ2n) is 3.67. The molecule has 1 amide bonds. The molecule has 0 radical (unpaired) electrons. The molecule has 1 aromatic carbocycles. The summed E-state index contributed by atoms with van der Waals surface area (Å²) >= 11 is 1.43. The van der Waals surface area contributed by atoms with Crippen LogP contribution in [0.2, 0.25) is 0 Å². The number of Topliss-reactive ketones (excluding diaryl/α,β-unsaturated/α-hetero) is 1. The van der Waals surface area contributed by atoms with Crippen molar-refractivity contribution in [3.05, 3.63) is 23.8 Å². The molecule has 1 aliphatic heterocycles. The van der Waals surface area contributed by atoms with Crippen LogP contribution in [0.25, 0.3) is 0 Å². The maximum absolute atomic E-state index is 11.7. The zero-order valence-corrected chi connectivity index (χ0v) is 10.1. The van der Waals surface area contributed by atoms with Crippen LogP contribution in [-0.2, 0) is 4.79 Å². The Balaban J connectivity index is 2.49. The maximum Gasteiger partial charge on any atom is 0.238 e. The predicted octanol–water partition coefficient (Wildman–Crippen LogP) is 1.85. The van der Waals surface area contributed by atoms with Crippen molar-refractivity contribution in [1.82, 2.24) is 0 Å². The normalized spacial score (nSPS) is 14.1. The monoisotopic (exact) mass is 246 g/mol. The van der Waals surface area contributed by atoms with Crippen LogP contribution < -0.4 is 4.90 Å². The Hall–Kier alpha value is -1.80. The lowest BCUT2D eigenvalue weighted by Crippen LogP contribution is -2.35. The third kappa shape index (κ3) is 2.17. The SMILES string of the molecule is CC(=O)c1ccc2c(c1)N(CC#N)C(=O)CS2. The van der Waals surface area contributed by atoms with Gasteiger partial charge in [-0.1, -0.05) is 6.07 Å². The van der Waals surface area contributed by atoms with E-state index in [2.05, 4.69) is 0 Å². The first-order valence-corrected chi connectivity index (χ1v) is 6.07. The van der Waals surface area contributed by atoms with Crippen molar-refractivity contribution >= 4 is 29.1 Å². The summed E-state index contributed by atoms with van der Waals surface area (Å²) in [5.74, 6) is 0.200. The van der Waals surface area contributed by atoms with Crippen LogP contribution in [0.15, 0.2) is 23.1 Å². The van der Waals surface area contributed by atoms with Crippen LogP contribution in [0.4, 0.5) is 5.69 Å². The van der Waals surface area contributed by atoms with Crippen molar-refractivity contribution in [2.45, 2.75) is 11.8 Å². The maximum atomic E-state index is 11.7. The molecule has 1 aromatic rings. The van der Waals surface area contributed by atoms with Crippen molar-refractivity contribution in [3.63, 3.8) is 0 Å². The zero-order valence-electron chi connectivity index (χ0n) is 9.27. The van der Waals surface area contributed by atoms with Crippen LogP contribution in [0.1, 0.15) is 17.3 Å². The molecule has 2 rings (SSSR count). The van der Waals surface area contributed by atoms with Gasteiger partial charge in [-0.05, 0) is 19.1 Å². The molecule has 86 valence electrons. The Bertz CT molecular complexity index is 534. The number of rotatable bonds is 2. The van der Waals surface area contributed by atoms with Gasteiger partial charge in [0.25, 0.3) is 0 Å². The number of ketones is 1. The Morgan fingerprint density at radius 2 is 2.35 bits per heavy atom. The largest absolute Gasteiger partial charge is 0.297 e. The molecule has 1 heterocycles. The van der Waals surface area contributed by atoms with E-state index < -0.39 is 0 Å². The smallest absolute Gasteiger partial charge is 0.238 e. The van der Waals surface area contributed by atoms with Gasteiger partial charge in [0.2, 0.25) is 5.91 Å². The number of amides is 1. The summed E-state index contributed by atoms with van der Waals surface area (Å²) in [5, 5.41) is 8.72. The van der Waals surface area contributed by atoms with Gasteiger partial charge in [0.15, 0.2) is 5.78 Å². The van der Waals surface area contributed by atoms with E-state index in [1.807, 2.05) is 12.1 Å². The van der Waals surface area contributed by atoms with Crippen LogP contribution in [0.5, 0.6) is 0 Å². The summed E-state index contributed by atoms with van der Waals surface area (Å²) in [6, 6.07) is 7.22. The summed E-state index contributed by atoms with van der Waals surface area (Å²) < 4.78 is 0. The Morgan fingerprint density at radius 1 is 1.59 bits per heavy atom. The summed E-state index contributed by atoms with van der Waals surface area (Å²) in [7, 11) is 0. The fraction of sp³-hybridized carbons (Fsp3) is 0.250. The molecule has 0 saturated heterocycles. The van der Waals surface area contributed by atoms with E-state index in [9.17, 15) is 9.59 Å². The Morgan fingerprint density at radius 3 is 3.00 bits per heavy atom. The second-order valence-corrected chi connectivity index (χ2v) is 4.68. The average Bonchev–Trinajstić information content (AvgIpc) is 2.32. The minimum Gasteiger partial charge on any atom is -0.297 e. The third-order valence-electron chi connectivity index (χ3n) is 2.54. The minimum atomic E-state index is -0.0928. The predicted molar refractivity (Wildman–Crippen MR) is 65.1 cm³/mol. The first-order valence-electron chi connectivity index (χ1n) is 5.08. The van der Waals surface area contributed by atoms with Gasteiger partial charge in [-0.3, -0.25) is 14.5 Å². The van der Waals surface area contributed by atoms with Crippen molar-refractivity contribution in [1.29, 1.82) is 5.26 Å². The quantitative estimate of drug-likeness (QED) is 0.590. The number of benzene rings is 1. The van der Waals surface area contributed by atoms with Gasteiger partial charge in [0, 0.05) is 10.5 Å². The van der Waals surface area contributed by atoms with Crippen LogP contribution in [-0.4, -0.2) is 24.0 Å². The second kappa shape index (κ2) is 4.60. The Kier molecular flexibility index (Phi) is 3.16. The van der Waals surface area contributed by atoms with E-state index in [4.69, 9.17) is 5.26 Å². The number of fused-ring (bicyclic) bond motifs is 1. The highest BCUT2D eigenvalue weighted by atomic mass is 32.2. The van der Waals surface area contributed by atoms with E-state index in [1.165, 1.54) is 23.6 Å². The minimum absolute atomic E-state index is 0.0216. The lowest BCUT2D eigenvalue weighted by atomic mass is 10.1. The first-order chi connectivity index (χ1) is 8.13. The van der Waals surface area contributed by atoms with Gasteiger partial charge in [-0.25, -0.2) is 0 Å². The van der Waals surface area contributed by atoms with Crippen LogP contribution >= 0.6 is 11.8 Å². The summed E-state index contributed by atoms with van der Waals surface area (Å²) in [5.41, 5.74) is 1.22. The van der Waals surface area contributed by atoms with E-state index >= 15 is 0 Å². The number of nitriles is 1. The van der Waals surface area contributed by atoms with Crippen molar-refractivity contribution in [2.24, 2.45) is 0 Å². The van der Waals surface area contributed by atoms with Crippen LogP contribution in [0.3, 0.4) is 0 Å². The molecule has 0 spiro atoms. The van der Waals surface area contributed by atoms with Crippen molar-refractivity contribution in [2.75, 3.05) is 17.2 Å². The summed E-state index contributed by atoms with van der Waals surface area (Å²) in [6.07, 6.45) is 0. The molecule has 0 saturated carbocycles. The van der Waals surface area contributed by atoms with Crippen LogP contribution in [0, 0.1) is 11.3 Å². The number of carbonyl (C=O) groups excluding carboxylic acids is 2. The van der Waals surface area contributed by atoms with Crippen molar-refractivity contribution in [3.8, 4) is 6.07 Å². The fourth-order valence-corrected chi connectivity index (χ4v) is 2.58. The number of anilines is 1. The lowest BCUT2D eigenvalue weighted by molar-refractivity contribution is -0.116. The molecule has 0 unspecified atom stereocenters. The molecular weight excluding hydrogens is 236 g/mol. The molecule has 0 fully saturated rings. The molecule has 0 bridgehead atoms.